The molecule has 0 aliphatic carbocycles. The van der Waals surface area contributed by atoms with Crippen molar-refractivity contribution in [3.63, 3.8) is 0 Å². The number of nitrogens with one attached hydrogen (secondary N) is 2. The Bertz CT molecular complexity index is 758. The molecule has 0 aliphatic heterocycles. The fraction of sp³-hybridized carbons (Fsp3) is 0.214. The predicted octanol–water partition coefficient (Wildman–Crippen LogP) is 5.22. The van der Waals surface area contributed by atoms with Crippen LogP contribution in [0, 0.1) is 0 Å². The van der Waals surface area contributed by atoms with Gasteiger partial charge in [0.25, 0.3) is 0 Å². The Morgan fingerprint density at radius 2 is 1.92 bits per heavy atom. The van der Waals surface area contributed by atoms with Crippen LogP contribution in [0.2, 0.25) is 5.02 Å². The number of para-hydroxylation sites is 1. The molecule has 0 radical (unpaired) electrons. The van der Waals surface area contributed by atoms with Gasteiger partial charge in [-0.15, -0.1) is 0 Å². The van der Waals surface area contributed by atoms with Crippen LogP contribution in [0.25, 0.3) is 10.4 Å². The van der Waals surface area contributed by atoms with E-state index in [4.69, 9.17) is 17.1 Å². The van der Waals surface area contributed by atoms with Crippen LogP contribution < -0.4 is 10.6 Å². The van der Waals surface area contributed by atoms with E-state index in [-0.39, 0.29) is 10.8 Å². The molecule has 0 saturated heterocycles. The number of rotatable bonds is 6. The molecule has 10 heteroatoms. The molecular formula is C14H12ClF3N6. The highest BCUT2D eigenvalue weighted by Crippen LogP contribution is 2.32. The number of hydrogen-bond acceptors (Lipinski definition) is 4. The van der Waals surface area contributed by atoms with E-state index in [0.29, 0.717) is 24.5 Å². The lowest BCUT2D eigenvalue weighted by Gasteiger charge is -2.12. The molecule has 2 N–H and O–H groups in total. The smallest absolute Gasteiger partial charge is 0.383 e. The first kappa shape index (κ1) is 17.7. The standard InChI is InChI=1S/C14H12ClF3N6/c15-10-7-9(14(16,17)18)8-22-13(10)21-6-5-20-11-3-1-2-4-12(11)23-24-19/h1-4,7-8,20H,5-6H2,(H,21,22). The third kappa shape index (κ3) is 4.68. The van der Waals surface area contributed by atoms with Crippen LogP contribution in [-0.2, 0) is 6.18 Å². The molecule has 1 aromatic heterocycles. The van der Waals surface area contributed by atoms with Crippen LogP contribution in [0.3, 0.4) is 0 Å². The summed E-state index contributed by atoms with van der Waals surface area (Å²) in [6.45, 7) is 0.764. The molecule has 1 aromatic carbocycles. The second-order valence-electron chi connectivity index (χ2n) is 4.61. The summed E-state index contributed by atoms with van der Waals surface area (Å²) >= 11 is 5.80. The molecule has 0 spiro atoms. The number of halogens is 4. The van der Waals surface area contributed by atoms with E-state index in [1.807, 2.05) is 0 Å². The van der Waals surface area contributed by atoms with Gasteiger partial charge in [-0.1, -0.05) is 34.9 Å². The average Bonchev–Trinajstić information content (AvgIpc) is 2.53. The molecule has 126 valence electrons. The Hall–Kier alpha value is -2.64. The van der Waals surface area contributed by atoms with Gasteiger partial charge in [-0.25, -0.2) is 4.98 Å². The van der Waals surface area contributed by atoms with Gasteiger partial charge in [0, 0.05) is 29.9 Å². The molecule has 0 aliphatic rings. The molecular weight excluding hydrogens is 345 g/mol. The zero-order valence-electron chi connectivity index (χ0n) is 12.2. The van der Waals surface area contributed by atoms with Gasteiger partial charge >= 0.3 is 6.18 Å². The summed E-state index contributed by atoms with van der Waals surface area (Å²) in [5.41, 5.74) is 8.68. The molecule has 2 rings (SSSR count). The van der Waals surface area contributed by atoms with Crippen molar-refractivity contribution in [2.75, 3.05) is 23.7 Å². The van der Waals surface area contributed by atoms with Gasteiger partial charge in [0.2, 0.25) is 0 Å². The molecule has 0 fully saturated rings. The maximum absolute atomic E-state index is 12.5. The van der Waals surface area contributed by atoms with Crippen molar-refractivity contribution in [2.45, 2.75) is 6.18 Å². The molecule has 24 heavy (non-hydrogen) atoms. The summed E-state index contributed by atoms with van der Waals surface area (Å²) in [4.78, 5) is 6.41. The molecule has 0 amide bonds. The van der Waals surface area contributed by atoms with Crippen molar-refractivity contribution in [1.82, 2.24) is 4.98 Å². The molecule has 0 atom stereocenters. The molecule has 0 unspecified atom stereocenters. The van der Waals surface area contributed by atoms with Crippen molar-refractivity contribution < 1.29 is 13.2 Å². The Kier molecular flexibility index (Phi) is 5.73. The number of hydrogen-bond donors (Lipinski definition) is 2. The summed E-state index contributed by atoms with van der Waals surface area (Å²) in [5, 5.41) is 9.32. The first-order valence-corrected chi connectivity index (χ1v) is 7.14. The van der Waals surface area contributed by atoms with E-state index in [9.17, 15) is 13.2 Å². The van der Waals surface area contributed by atoms with Crippen molar-refractivity contribution in [1.29, 1.82) is 0 Å². The van der Waals surface area contributed by atoms with Gasteiger partial charge < -0.3 is 10.6 Å². The van der Waals surface area contributed by atoms with Crippen LogP contribution in [0.4, 0.5) is 30.4 Å². The molecule has 0 bridgehead atoms. The normalized spacial score (nSPS) is 10.8. The second kappa shape index (κ2) is 7.76. The van der Waals surface area contributed by atoms with Crippen molar-refractivity contribution >= 4 is 28.8 Å². The van der Waals surface area contributed by atoms with Crippen LogP contribution in [0.5, 0.6) is 0 Å². The van der Waals surface area contributed by atoms with E-state index < -0.39 is 11.7 Å². The highest BCUT2D eigenvalue weighted by molar-refractivity contribution is 6.32. The fourth-order valence-corrected chi connectivity index (χ4v) is 2.09. The Morgan fingerprint density at radius 1 is 1.21 bits per heavy atom. The second-order valence-corrected chi connectivity index (χ2v) is 5.02. The van der Waals surface area contributed by atoms with Gasteiger partial charge in [0.15, 0.2) is 0 Å². The number of alkyl halides is 3. The average molecular weight is 357 g/mol. The Labute approximate surface area is 140 Å². The van der Waals surface area contributed by atoms with Crippen LogP contribution in [0.15, 0.2) is 41.6 Å². The molecule has 1 heterocycles. The number of nitrogens with zero attached hydrogens (tertiary/aromatic N) is 4. The number of pyridine rings is 1. The SMILES string of the molecule is [N-]=[N+]=Nc1ccccc1NCCNc1ncc(C(F)(F)F)cc1Cl. The topological polar surface area (TPSA) is 85.7 Å². The summed E-state index contributed by atoms with van der Waals surface area (Å²) < 4.78 is 37.6. The first-order valence-electron chi connectivity index (χ1n) is 6.76. The van der Waals surface area contributed by atoms with E-state index >= 15 is 0 Å². The zero-order valence-corrected chi connectivity index (χ0v) is 12.9. The summed E-state index contributed by atoms with van der Waals surface area (Å²) in [7, 11) is 0. The lowest BCUT2D eigenvalue weighted by atomic mass is 10.2. The molecule has 0 saturated carbocycles. The summed E-state index contributed by atoms with van der Waals surface area (Å²) in [6.07, 6.45) is -3.76. The molecule has 6 nitrogen and oxygen atoms in total. The van der Waals surface area contributed by atoms with E-state index in [0.717, 1.165) is 12.3 Å². The van der Waals surface area contributed by atoms with Gasteiger partial charge in [-0.3, -0.25) is 0 Å². The highest BCUT2D eigenvalue weighted by atomic mass is 35.5. The summed E-state index contributed by atoms with van der Waals surface area (Å²) in [6, 6.07) is 7.73. The molecule has 2 aromatic rings. The van der Waals surface area contributed by atoms with Gasteiger partial charge in [-0.05, 0) is 17.7 Å². The third-order valence-corrected chi connectivity index (χ3v) is 3.25. The number of aromatic nitrogens is 1. The minimum absolute atomic E-state index is 0.112. The maximum atomic E-state index is 12.5. The highest BCUT2D eigenvalue weighted by Gasteiger charge is 2.31. The fourth-order valence-electron chi connectivity index (χ4n) is 1.86. The van der Waals surface area contributed by atoms with E-state index in [1.165, 1.54) is 0 Å². The summed E-state index contributed by atoms with van der Waals surface area (Å²) in [5.74, 6) is 0.162. The number of azide groups is 1. The van der Waals surface area contributed by atoms with E-state index in [2.05, 4.69) is 25.6 Å². The Balaban J connectivity index is 1.92. The van der Waals surface area contributed by atoms with Gasteiger partial charge in [0.05, 0.1) is 16.3 Å². The van der Waals surface area contributed by atoms with Crippen LogP contribution >= 0.6 is 11.6 Å². The van der Waals surface area contributed by atoms with Crippen LogP contribution in [-0.4, -0.2) is 18.1 Å². The Morgan fingerprint density at radius 3 is 2.58 bits per heavy atom. The van der Waals surface area contributed by atoms with Crippen molar-refractivity contribution in [2.24, 2.45) is 5.11 Å². The minimum atomic E-state index is -4.48. The van der Waals surface area contributed by atoms with Gasteiger partial charge in [-0.2, -0.15) is 13.2 Å². The third-order valence-electron chi connectivity index (χ3n) is 2.96. The minimum Gasteiger partial charge on any atom is -0.383 e. The van der Waals surface area contributed by atoms with Crippen LogP contribution in [0.1, 0.15) is 5.56 Å². The lowest BCUT2D eigenvalue weighted by Crippen LogP contribution is -2.15. The first-order chi connectivity index (χ1) is 11.4. The number of anilines is 2. The maximum Gasteiger partial charge on any atom is 0.417 e. The quantitative estimate of drug-likeness (QED) is 0.322. The van der Waals surface area contributed by atoms with E-state index in [1.54, 1.807) is 24.3 Å². The zero-order chi connectivity index (χ0) is 17.6. The monoisotopic (exact) mass is 356 g/mol. The number of benzene rings is 1. The van der Waals surface area contributed by atoms with Crippen molar-refractivity contribution in [3.8, 4) is 0 Å². The predicted molar refractivity (Wildman–Crippen MR) is 86.5 cm³/mol. The van der Waals surface area contributed by atoms with Crippen molar-refractivity contribution in [3.05, 3.63) is 57.6 Å². The lowest BCUT2D eigenvalue weighted by molar-refractivity contribution is -0.137. The van der Waals surface area contributed by atoms with Gasteiger partial charge in [0.1, 0.15) is 5.82 Å². The largest absolute Gasteiger partial charge is 0.417 e.